The van der Waals surface area contributed by atoms with Crippen LogP contribution in [0.1, 0.15) is 33.6 Å². The van der Waals surface area contributed by atoms with Gasteiger partial charge in [-0.15, -0.1) is 0 Å². The highest BCUT2D eigenvalue weighted by atomic mass is 19.1. The number of aryl methyl sites for hydroxylation is 2. The fourth-order valence-corrected chi connectivity index (χ4v) is 3.41. The van der Waals surface area contributed by atoms with E-state index in [0.717, 1.165) is 17.1 Å². The van der Waals surface area contributed by atoms with Crippen molar-refractivity contribution in [3.05, 3.63) is 82.8 Å². The predicted octanol–water partition coefficient (Wildman–Crippen LogP) is 3.20. The molecule has 7 heteroatoms. The molecule has 0 fully saturated rings. The minimum atomic E-state index is -0.344. The van der Waals surface area contributed by atoms with Gasteiger partial charge >= 0.3 is 0 Å². The number of hydrogen-bond donors (Lipinski definition) is 1. The van der Waals surface area contributed by atoms with Crippen LogP contribution >= 0.6 is 0 Å². The molecule has 0 atom stereocenters. The number of benzene rings is 2. The minimum Gasteiger partial charge on any atom is -0.348 e. The van der Waals surface area contributed by atoms with Crippen LogP contribution in [-0.2, 0) is 24.4 Å². The topological polar surface area (TPSA) is 67.2 Å². The molecule has 0 bridgehead atoms. The summed E-state index contributed by atoms with van der Waals surface area (Å²) in [5.41, 5.74) is 2.71. The molecule has 2 heterocycles. The number of fused-ring (bicyclic) bond motifs is 1. The molecular weight excluding hydrogens is 371 g/mol. The Labute approximate surface area is 167 Å². The van der Waals surface area contributed by atoms with Crippen molar-refractivity contribution in [2.75, 3.05) is 4.90 Å². The lowest BCUT2D eigenvalue weighted by atomic mass is 10.1. The number of carbonyl (C=O) groups excluding carboxylic acids is 2. The van der Waals surface area contributed by atoms with Crippen molar-refractivity contribution in [3.63, 3.8) is 0 Å². The molecular formula is C22H21FN4O2. The van der Waals surface area contributed by atoms with Gasteiger partial charge in [-0.1, -0.05) is 30.3 Å². The number of amides is 2. The molecule has 3 aromatic rings. The zero-order chi connectivity index (χ0) is 20.4. The average Bonchev–Trinajstić information content (AvgIpc) is 3.10. The Morgan fingerprint density at radius 1 is 1.17 bits per heavy atom. The zero-order valence-corrected chi connectivity index (χ0v) is 16.1. The van der Waals surface area contributed by atoms with Gasteiger partial charge in [-0.2, -0.15) is 5.10 Å². The summed E-state index contributed by atoms with van der Waals surface area (Å²) in [5, 5.41) is 7.13. The SMILES string of the molecule is Cc1cc2n(n1)CCC(=O)N2Cc1ccc(C(=O)NCc2ccccc2F)cc1. The monoisotopic (exact) mass is 392 g/mol. The summed E-state index contributed by atoms with van der Waals surface area (Å²) in [6.07, 6.45) is 0.421. The Bertz CT molecular complexity index is 1060. The molecule has 0 aliphatic carbocycles. The second-order valence-corrected chi connectivity index (χ2v) is 7.07. The van der Waals surface area contributed by atoms with Crippen LogP contribution in [0.15, 0.2) is 54.6 Å². The van der Waals surface area contributed by atoms with Gasteiger partial charge in [0.05, 0.1) is 18.8 Å². The maximum Gasteiger partial charge on any atom is 0.251 e. The zero-order valence-electron chi connectivity index (χ0n) is 16.1. The third-order valence-electron chi connectivity index (χ3n) is 4.95. The van der Waals surface area contributed by atoms with E-state index in [1.807, 2.05) is 29.8 Å². The van der Waals surface area contributed by atoms with E-state index in [1.165, 1.54) is 6.07 Å². The minimum absolute atomic E-state index is 0.0594. The number of nitrogens with zero attached hydrogens (tertiary/aromatic N) is 3. The molecule has 0 saturated carbocycles. The number of nitrogens with one attached hydrogen (secondary N) is 1. The maximum atomic E-state index is 13.7. The predicted molar refractivity (Wildman–Crippen MR) is 107 cm³/mol. The Hall–Kier alpha value is -3.48. The molecule has 1 aliphatic rings. The third kappa shape index (κ3) is 4.03. The van der Waals surface area contributed by atoms with E-state index in [-0.39, 0.29) is 24.2 Å². The van der Waals surface area contributed by atoms with E-state index < -0.39 is 0 Å². The summed E-state index contributed by atoms with van der Waals surface area (Å²) in [4.78, 5) is 26.4. The van der Waals surface area contributed by atoms with Crippen LogP contribution in [0.2, 0.25) is 0 Å². The van der Waals surface area contributed by atoms with Crippen molar-refractivity contribution < 1.29 is 14.0 Å². The first-order valence-electron chi connectivity index (χ1n) is 9.46. The van der Waals surface area contributed by atoms with Crippen LogP contribution in [0.4, 0.5) is 10.2 Å². The first-order valence-corrected chi connectivity index (χ1v) is 9.46. The number of rotatable bonds is 5. The molecule has 0 radical (unpaired) electrons. The van der Waals surface area contributed by atoms with Crippen LogP contribution in [0, 0.1) is 12.7 Å². The van der Waals surface area contributed by atoms with Gasteiger partial charge in [-0.3, -0.25) is 14.5 Å². The number of carbonyl (C=O) groups is 2. The number of anilines is 1. The molecule has 0 saturated heterocycles. The quantitative estimate of drug-likeness (QED) is 0.725. The molecule has 148 valence electrons. The normalized spacial score (nSPS) is 13.3. The van der Waals surface area contributed by atoms with Gasteiger partial charge in [0.2, 0.25) is 5.91 Å². The number of hydrogen-bond acceptors (Lipinski definition) is 3. The summed E-state index contributed by atoms with van der Waals surface area (Å²) in [6, 6.07) is 15.3. The Morgan fingerprint density at radius 2 is 1.93 bits per heavy atom. The molecule has 6 nitrogen and oxygen atoms in total. The van der Waals surface area contributed by atoms with Gasteiger partial charge in [0.25, 0.3) is 5.91 Å². The van der Waals surface area contributed by atoms with Crippen molar-refractivity contribution in [3.8, 4) is 0 Å². The summed E-state index contributed by atoms with van der Waals surface area (Å²) in [7, 11) is 0. The van der Waals surface area contributed by atoms with E-state index >= 15 is 0 Å². The molecule has 2 amide bonds. The van der Waals surface area contributed by atoms with Gasteiger partial charge in [-0.25, -0.2) is 9.07 Å². The summed E-state index contributed by atoms with van der Waals surface area (Å²) >= 11 is 0. The molecule has 29 heavy (non-hydrogen) atoms. The van der Waals surface area contributed by atoms with E-state index in [0.29, 0.717) is 30.6 Å². The molecule has 0 unspecified atom stereocenters. The fraction of sp³-hybridized carbons (Fsp3) is 0.227. The summed E-state index contributed by atoms with van der Waals surface area (Å²) in [6.45, 7) is 3.04. The van der Waals surface area contributed by atoms with Crippen LogP contribution in [0.25, 0.3) is 0 Å². The van der Waals surface area contributed by atoms with Crippen LogP contribution in [0.5, 0.6) is 0 Å². The van der Waals surface area contributed by atoms with E-state index in [9.17, 15) is 14.0 Å². The van der Waals surface area contributed by atoms with Crippen LogP contribution in [0.3, 0.4) is 0 Å². The van der Waals surface area contributed by atoms with Crippen LogP contribution in [-0.4, -0.2) is 21.6 Å². The second-order valence-electron chi connectivity index (χ2n) is 7.07. The van der Waals surface area contributed by atoms with E-state index in [2.05, 4.69) is 10.4 Å². The highest BCUT2D eigenvalue weighted by Crippen LogP contribution is 2.24. The molecule has 1 aromatic heterocycles. The number of halogens is 1. The number of aromatic nitrogens is 2. The van der Waals surface area contributed by atoms with Gasteiger partial charge in [0, 0.05) is 30.2 Å². The largest absolute Gasteiger partial charge is 0.348 e. The smallest absolute Gasteiger partial charge is 0.251 e. The van der Waals surface area contributed by atoms with Crippen molar-refractivity contribution in [1.82, 2.24) is 15.1 Å². The fourth-order valence-electron chi connectivity index (χ4n) is 3.41. The highest BCUT2D eigenvalue weighted by molar-refractivity contribution is 5.95. The van der Waals surface area contributed by atoms with Gasteiger partial charge in [-0.05, 0) is 30.7 Å². The lowest BCUT2D eigenvalue weighted by Gasteiger charge is -2.27. The third-order valence-corrected chi connectivity index (χ3v) is 4.95. The lowest BCUT2D eigenvalue weighted by Crippen LogP contribution is -2.36. The Morgan fingerprint density at radius 3 is 2.69 bits per heavy atom. The molecule has 1 aliphatic heterocycles. The Kier molecular flexibility index (Phi) is 5.12. The lowest BCUT2D eigenvalue weighted by molar-refractivity contribution is -0.119. The molecule has 4 rings (SSSR count). The van der Waals surface area contributed by atoms with E-state index in [4.69, 9.17) is 0 Å². The van der Waals surface area contributed by atoms with Crippen molar-refractivity contribution in [2.45, 2.75) is 33.0 Å². The molecule has 1 N–H and O–H groups in total. The van der Waals surface area contributed by atoms with Crippen molar-refractivity contribution >= 4 is 17.6 Å². The van der Waals surface area contributed by atoms with Crippen molar-refractivity contribution in [1.29, 1.82) is 0 Å². The maximum absolute atomic E-state index is 13.7. The summed E-state index contributed by atoms with van der Waals surface area (Å²) < 4.78 is 15.5. The van der Waals surface area contributed by atoms with Crippen molar-refractivity contribution in [2.24, 2.45) is 0 Å². The van der Waals surface area contributed by atoms with Gasteiger partial charge in [0.1, 0.15) is 11.6 Å². The second kappa shape index (κ2) is 7.87. The first kappa shape index (κ1) is 18.9. The standard InChI is InChI=1S/C22H21FN4O2/c1-15-12-20-26(21(28)10-11-27(20)25-15)14-16-6-8-17(9-7-16)22(29)24-13-18-4-2-3-5-19(18)23/h2-9,12H,10-11,13-14H2,1H3,(H,24,29). The average molecular weight is 392 g/mol. The van der Waals surface area contributed by atoms with Gasteiger partial charge in [0.15, 0.2) is 0 Å². The first-order chi connectivity index (χ1) is 14.0. The Balaban J connectivity index is 1.42. The van der Waals surface area contributed by atoms with E-state index in [1.54, 1.807) is 35.2 Å². The summed E-state index contributed by atoms with van der Waals surface area (Å²) in [5.74, 6) is 0.237. The van der Waals surface area contributed by atoms with Crippen LogP contribution < -0.4 is 10.2 Å². The highest BCUT2D eigenvalue weighted by Gasteiger charge is 2.25. The molecule has 0 spiro atoms. The molecule has 2 aromatic carbocycles. The van der Waals surface area contributed by atoms with Gasteiger partial charge < -0.3 is 5.32 Å².